The molecule has 1 fully saturated rings. The molecule has 0 radical (unpaired) electrons. The smallest absolute Gasteiger partial charge is 0.191 e. The van der Waals surface area contributed by atoms with Crippen LogP contribution in [0.2, 0.25) is 0 Å². The number of piperidine rings is 1. The van der Waals surface area contributed by atoms with E-state index in [2.05, 4.69) is 62.3 Å². The van der Waals surface area contributed by atoms with E-state index in [0.717, 1.165) is 50.3 Å². The lowest BCUT2D eigenvalue weighted by atomic mass is 10.1. The van der Waals surface area contributed by atoms with Crippen molar-refractivity contribution in [2.24, 2.45) is 4.99 Å². The van der Waals surface area contributed by atoms with Gasteiger partial charge in [0.1, 0.15) is 18.1 Å². The first-order valence-electron chi connectivity index (χ1n) is 11.7. The minimum absolute atomic E-state index is 0. The van der Waals surface area contributed by atoms with Gasteiger partial charge in [0, 0.05) is 32.0 Å². The highest BCUT2D eigenvalue weighted by atomic mass is 127. The number of rotatable bonds is 9. The number of guanidine groups is 1. The van der Waals surface area contributed by atoms with Crippen LogP contribution in [0, 0.1) is 0 Å². The van der Waals surface area contributed by atoms with Crippen LogP contribution in [0.4, 0.5) is 0 Å². The van der Waals surface area contributed by atoms with Crippen LogP contribution in [-0.2, 0) is 13.1 Å². The first-order valence-corrected chi connectivity index (χ1v) is 11.7. The van der Waals surface area contributed by atoms with Gasteiger partial charge in [-0.1, -0.05) is 36.8 Å². The van der Waals surface area contributed by atoms with Crippen LogP contribution in [0.3, 0.4) is 0 Å². The summed E-state index contributed by atoms with van der Waals surface area (Å²) in [7, 11) is 0. The van der Waals surface area contributed by atoms with E-state index in [1.807, 2.05) is 24.5 Å². The molecular formula is C25H35IN6O. The molecule has 1 unspecified atom stereocenters. The number of aliphatic imine (C=N–C) groups is 1. The Bertz CT molecular complexity index is 950. The zero-order chi connectivity index (χ0) is 22.0. The summed E-state index contributed by atoms with van der Waals surface area (Å²) in [5, 5.41) is 6.91. The lowest BCUT2D eigenvalue weighted by molar-refractivity contribution is 0.146. The summed E-state index contributed by atoms with van der Waals surface area (Å²) in [6.45, 7) is 7.17. The number of benzene rings is 1. The Kier molecular flexibility index (Phi) is 10.3. The number of halogens is 1. The van der Waals surface area contributed by atoms with Gasteiger partial charge in [0.05, 0.1) is 12.3 Å². The van der Waals surface area contributed by atoms with Crippen molar-refractivity contribution in [3.05, 3.63) is 78.3 Å². The summed E-state index contributed by atoms with van der Waals surface area (Å²) in [6, 6.07) is 14.7. The second-order valence-corrected chi connectivity index (χ2v) is 8.16. The molecule has 4 rings (SSSR count). The van der Waals surface area contributed by atoms with Crippen LogP contribution in [0.25, 0.3) is 0 Å². The number of aromatic nitrogens is 2. The van der Waals surface area contributed by atoms with Crippen molar-refractivity contribution >= 4 is 29.9 Å². The van der Waals surface area contributed by atoms with Crippen LogP contribution < -0.4 is 10.6 Å². The molecule has 0 amide bonds. The average Bonchev–Trinajstić information content (AvgIpc) is 3.52. The van der Waals surface area contributed by atoms with Crippen molar-refractivity contribution in [2.45, 2.75) is 45.3 Å². The fourth-order valence-corrected chi connectivity index (χ4v) is 4.22. The number of likely N-dealkylation sites (tertiary alicyclic amines) is 1. The van der Waals surface area contributed by atoms with E-state index in [1.165, 1.54) is 24.8 Å². The minimum atomic E-state index is 0. The molecule has 1 aromatic carbocycles. The molecule has 1 aliphatic heterocycles. The van der Waals surface area contributed by atoms with E-state index in [9.17, 15) is 0 Å². The lowest BCUT2D eigenvalue weighted by Gasteiger charge is -2.33. The predicted octanol–water partition coefficient (Wildman–Crippen LogP) is 4.42. The number of nitrogens with zero attached hydrogens (tertiary/aromatic N) is 4. The first-order chi connectivity index (χ1) is 15.8. The van der Waals surface area contributed by atoms with Gasteiger partial charge in [-0.25, -0.2) is 9.98 Å². The van der Waals surface area contributed by atoms with Gasteiger partial charge in [-0.05, 0) is 50.6 Å². The van der Waals surface area contributed by atoms with Crippen LogP contribution >= 0.6 is 24.0 Å². The van der Waals surface area contributed by atoms with Gasteiger partial charge >= 0.3 is 0 Å². The van der Waals surface area contributed by atoms with Crippen molar-refractivity contribution in [3.63, 3.8) is 0 Å². The quantitative estimate of drug-likeness (QED) is 0.230. The average molecular weight is 563 g/mol. The minimum Gasteiger partial charge on any atom is -0.468 e. The third-order valence-electron chi connectivity index (χ3n) is 5.89. The van der Waals surface area contributed by atoms with Gasteiger partial charge in [0.2, 0.25) is 0 Å². The standard InChI is InChI=1S/C25H34N6O.HI/c1-2-26-25(28-18-22(23-12-9-17-32-23)30-14-7-4-8-15-30)29-19-24-27-13-16-31(24)20-21-10-5-3-6-11-21;/h3,5-6,9-13,16-17,22H,2,4,7-8,14-15,18-20H2,1H3,(H2,26,28,29);1H. The van der Waals surface area contributed by atoms with E-state index in [-0.39, 0.29) is 30.0 Å². The topological polar surface area (TPSA) is 70.6 Å². The maximum Gasteiger partial charge on any atom is 0.191 e. The maximum atomic E-state index is 5.78. The fraction of sp³-hybridized carbons (Fsp3) is 0.440. The van der Waals surface area contributed by atoms with Crippen LogP contribution in [0.5, 0.6) is 0 Å². The van der Waals surface area contributed by atoms with Gasteiger partial charge in [0.25, 0.3) is 0 Å². The third-order valence-corrected chi connectivity index (χ3v) is 5.89. The molecule has 178 valence electrons. The zero-order valence-corrected chi connectivity index (χ0v) is 21.7. The molecule has 33 heavy (non-hydrogen) atoms. The molecule has 0 saturated carbocycles. The second-order valence-electron chi connectivity index (χ2n) is 8.16. The zero-order valence-electron chi connectivity index (χ0n) is 19.3. The molecule has 8 heteroatoms. The Hall–Kier alpha value is -2.33. The van der Waals surface area contributed by atoms with Gasteiger partial charge in [-0.3, -0.25) is 4.90 Å². The summed E-state index contributed by atoms with van der Waals surface area (Å²) in [5.74, 6) is 2.76. The number of hydrogen-bond donors (Lipinski definition) is 2. The number of hydrogen-bond acceptors (Lipinski definition) is 4. The van der Waals surface area contributed by atoms with Crippen LogP contribution in [-0.4, -0.2) is 46.6 Å². The number of imidazole rings is 1. The van der Waals surface area contributed by atoms with Crippen molar-refractivity contribution in [1.29, 1.82) is 0 Å². The van der Waals surface area contributed by atoms with Crippen LogP contribution in [0.15, 0.2) is 70.5 Å². The molecule has 1 aliphatic rings. The van der Waals surface area contributed by atoms with Gasteiger partial charge < -0.3 is 19.6 Å². The molecule has 2 N–H and O–H groups in total. The highest BCUT2D eigenvalue weighted by molar-refractivity contribution is 14.0. The summed E-state index contributed by atoms with van der Waals surface area (Å²) in [5.41, 5.74) is 1.25. The normalized spacial score (nSPS) is 15.6. The largest absolute Gasteiger partial charge is 0.468 e. The molecule has 0 spiro atoms. The Morgan fingerprint density at radius 2 is 1.91 bits per heavy atom. The summed E-state index contributed by atoms with van der Waals surface area (Å²) in [4.78, 5) is 11.9. The molecule has 1 saturated heterocycles. The SMILES string of the molecule is CCNC(=NCc1nccn1Cc1ccccc1)NCC(c1ccco1)N1CCCCC1.I. The summed E-state index contributed by atoms with van der Waals surface area (Å²) < 4.78 is 7.93. The Morgan fingerprint density at radius 3 is 2.64 bits per heavy atom. The van der Waals surface area contributed by atoms with Gasteiger partial charge in [0.15, 0.2) is 5.96 Å². The Labute approximate surface area is 213 Å². The Morgan fingerprint density at radius 1 is 1.09 bits per heavy atom. The van der Waals surface area contributed by atoms with E-state index in [1.54, 1.807) is 6.26 Å². The first kappa shape index (κ1) is 25.3. The fourth-order valence-electron chi connectivity index (χ4n) is 4.22. The Balaban J connectivity index is 0.00000306. The van der Waals surface area contributed by atoms with Crippen molar-refractivity contribution in [3.8, 4) is 0 Å². The van der Waals surface area contributed by atoms with E-state index in [0.29, 0.717) is 6.54 Å². The lowest BCUT2D eigenvalue weighted by Crippen LogP contribution is -2.44. The number of furan rings is 1. The highest BCUT2D eigenvalue weighted by Gasteiger charge is 2.24. The second kappa shape index (κ2) is 13.4. The molecule has 1 atom stereocenters. The monoisotopic (exact) mass is 562 g/mol. The highest BCUT2D eigenvalue weighted by Crippen LogP contribution is 2.24. The number of nitrogens with one attached hydrogen (secondary N) is 2. The molecular weight excluding hydrogens is 527 g/mol. The maximum absolute atomic E-state index is 5.78. The van der Waals surface area contributed by atoms with E-state index < -0.39 is 0 Å². The van der Waals surface area contributed by atoms with E-state index >= 15 is 0 Å². The molecule has 0 bridgehead atoms. The molecule has 3 aromatic rings. The van der Waals surface area contributed by atoms with Crippen molar-refractivity contribution < 1.29 is 4.42 Å². The molecule has 3 heterocycles. The molecule has 0 aliphatic carbocycles. The predicted molar refractivity (Wildman–Crippen MR) is 143 cm³/mol. The van der Waals surface area contributed by atoms with Crippen molar-refractivity contribution in [1.82, 2.24) is 25.1 Å². The van der Waals surface area contributed by atoms with E-state index in [4.69, 9.17) is 9.41 Å². The summed E-state index contributed by atoms with van der Waals surface area (Å²) >= 11 is 0. The third kappa shape index (κ3) is 7.33. The van der Waals surface area contributed by atoms with Gasteiger partial charge in [-0.15, -0.1) is 24.0 Å². The molecule has 2 aromatic heterocycles. The van der Waals surface area contributed by atoms with Crippen LogP contribution in [0.1, 0.15) is 49.4 Å². The molecule has 7 nitrogen and oxygen atoms in total. The van der Waals surface area contributed by atoms with Crippen molar-refractivity contribution in [2.75, 3.05) is 26.2 Å². The summed E-state index contributed by atoms with van der Waals surface area (Å²) in [6.07, 6.45) is 9.43. The van der Waals surface area contributed by atoms with Gasteiger partial charge in [-0.2, -0.15) is 0 Å².